The lowest BCUT2D eigenvalue weighted by Gasteiger charge is -2.29. The van der Waals surface area contributed by atoms with Crippen LogP contribution in [0.3, 0.4) is 0 Å². The van der Waals surface area contributed by atoms with E-state index in [0.717, 1.165) is 11.1 Å². The minimum Gasteiger partial charge on any atom is -0.394 e. The van der Waals surface area contributed by atoms with E-state index in [2.05, 4.69) is 11.9 Å². The summed E-state index contributed by atoms with van der Waals surface area (Å²) in [5.74, 6) is 0. The molecule has 2 heteroatoms. The van der Waals surface area contributed by atoms with E-state index in [1.54, 1.807) is 0 Å². The van der Waals surface area contributed by atoms with Gasteiger partial charge in [-0.3, -0.25) is 0 Å². The van der Waals surface area contributed by atoms with Gasteiger partial charge in [0, 0.05) is 6.54 Å². The fourth-order valence-corrected chi connectivity index (χ4v) is 1.40. The monoisotopic (exact) mass is 205 g/mol. The molecule has 2 N–H and O–H groups in total. The Morgan fingerprint density at radius 1 is 1.40 bits per heavy atom. The Labute approximate surface area is 91.6 Å². The Balaban J connectivity index is 2.80. The smallest absolute Gasteiger partial charge is 0.0652 e. The molecular weight excluding hydrogens is 186 g/mol. The number of aliphatic hydroxyl groups excluding tert-OH is 1. The highest BCUT2D eigenvalue weighted by Crippen LogP contribution is 2.19. The summed E-state index contributed by atoms with van der Waals surface area (Å²) in [5, 5.41) is 12.8. The second-order valence-corrected chi connectivity index (χ2v) is 4.17. The fourth-order valence-electron chi connectivity index (χ4n) is 1.40. The van der Waals surface area contributed by atoms with E-state index >= 15 is 0 Å². The lowest BCUT2D eigenvalue weighted by Crippen LogP contribution is -2.43. The Hall–Kier alpha value is -1.12. The molecule has 0 aliphatic rings. The van der Waals surface area contributed by atoms with Gasteiger partial charge in [-0.1, -0.05) is 42.5 Å². The lowest BCUT2D eigenvalue weighted by atomic mass is 9.93. The van der Waals surface area contributed by atoms with Gasteiger partial charge in [-0.25, -0.2) is 0 Å². The van der Waals surface area contributed by atoms with Crippen LogP contribution >= 0.6 is 0 Å². The second kappa shape index (κ2) is 5.10. The Bertz CT molecular complexity index is 321. The Morgan fingerprint density at radius 3 is 2.47 bits per heavy atom. The molecule has 0 fully saturated rings. The van der Waals surface area contributed by atoms with Crippen molar-refractivity contribution >= 4 is 0 Å². The van der Waals surface area contributed by atoms with Gasteiger partial charge in [-0.2, -0.15) is 0 Å². The number of benzene rings is 1. The molecule has 15 heavy (non-hydrogen) atoms. The summed E-state index contributed by atoms with van der Waals surface area (Å²) in [6.45, 7) is 8.59. The van der Waals surface area contributed by atoms with Crippen molar-refractivity contribution < 1.29 is 5.11 Å². The van der Waals surface area contributed by atoms with Crippen molar-refractivity contribution in [1.82, 2.24) is 5.32 Å². The van der Waals surface area contributed by atoms with Crippen LogP contribution in [0.1, 0.15) is 19.4 Å². The molecule has 1 aromatic rings. The first-order valence-corrected chi connectivity index (χ1v) is 5.14. The van der Waals surface area contributed by atoms with E-state index in [-0.39, 0.29) is 12.1 Å². The van der Waals surface area contributed by atoms with Crippen LogP contribution < -0.4 is 5.32 Å². The average molecular weight is 205 g/mol. The van der Waals surface area contributed by atoms with Gasteiger partial charge in [-0.05, 0) is 19.4 Å². The average Bonchev–Trinajstić information content (AvgIpc) is 2.27. The van der Waals surface area contributed by atoms with E-state index in [0.29, 0.717) is 6.54 Å². The van der Waals surface area contributed by atoms with Crippen molar-refractivity contribution in [3.63, 3.8) is 0 Å². The molecule has 1 aromatic carbocycles. The zero-order valence-electron chi connectivity index (χ0n) is 9.46. The summed E-state index contributed by atoms with van der Waals surface area (Å²) in [7, 11) is 0. The number of hydrogen-bond acceptors (Lipinski definition) is 2. The summed E-state index contributed by atoms with van der Waals surface area (Å²) in [6, 6.07) is 9.96. The van der Waals surface area contributed by atoms with Crippen LogP contribution in [0.15, 0.2) is 42.5 Å². The number of hydrogen-bond donors (Lipinski definition) is 2. The van der Waals surface area contributed by atoms with Crippen LogP contribution in [0.5, 0.6) is 0 Å². The number of rotatable bonds is 5. The van der Waals surface area contributed by atoms with Gasteiger partial charge in [-0.15, -0.1) is 0 Å². The highest BCUT2D eigenvalue weighted by Gasteiger charge is 2.24. The zero-order valence-corrected chi connectivity index (χ0v) is 9.46. The third kappa shape index (κ3) is 3.18. The van der Waals surface area contributed by atoms with E-state index in [4.69, 9.17) is 0 Å². The summed E-state index contributed by atoms with van der Waals surface area (Å²) in [6.07, 6.45) is 0. The molecule has 0 amide bonds. The molecule has 1 unspecified atom stereocenters. The van der Waals surface area contributed by atoms with E-state index < -0.39 is 0 Å². The van der Waals surface area contributed by atoms with Crippen LogP contribution in [0.2, 0.25) is 0 Å². The van der Waals surface area contributed by atoms with Gasteiger partial charge >= 0.3 is 0 Å². The summed E-state index contributed by atoms with van der Waals surface area (Å²) < 4.78 is 0. The molecule has 0 spiro atoms. The van der Waals surface area contributed by atoms with Crippen LogP contribution in [0.25, 0.3) is 0 Å². The largest absolute Gasteiger partial charge is 0.394 e. The van der Waals surface area contributed by atoms with Crippen molar-refractivity contribution in [2.45, 2.75) is 19.4 Å². The fraction of sp³-hybridized carbons (Fsp3) is 0.385. The molecule has 1 rings (SSSR count). The van der Waals surface area contributed by atoms with Crippen LogP contribution in [-0.4, -0.2) is 18.3 Å². The molecule has 0 heterocycles. The number of nitrogens with one attached hydrogen (secondary N) is 1. The number of aliphatic hydroxyl groups is 1. The molecule has 0 aliphatic heterocycles. The molecule has 0 saturated heterocycles. The minimum absolute atomic E-state index is 0.0737. The van der Waals surface area contributed by atoms with E-state index in [9.17, 15) is 5.11 Å². The summed E-state index contributed by atoms with van der Waals surface area (Å²) in [5.41, 5.74) is 1.76. The highest BCUT2D eigenvalue weighted by atomic mass is 16.3. The van der Waals surface area contributed by atoms with Gasteiger partial charge in [0.25, 0.3) is 0 Å². The van der Waals surface area contributed by atoms with Crippen molar-refractivity contribution in [3.05, 3.63) is 48.0 Å². The minimum atomic E-state index is -0.389. The van der Waals surface area contributed by atoms with Crippen molar-refractivity contribution in [2.75, 3.05) is 13.2 Å². The zero-order chi connectivity index (χ0) is 11.3. The van der Waals surface area contributed by atoms with Gasteiger partial charge in [0.2, 0.25) is 0 Å². The van der Waals surface area contributed by atoms with Crippen LogP contribution in [0.4, 0.5) is 0 Å². The first-order chi connectivity index (χ1) is 7.08. The highest BCUT2D eigenvalue weighted by molar-refractivity contribution is 5.24. The summed E-state index contributed by atoms with van der Waals surface area (Å²) >= 11 is 0. The maximum Gasteiger partial charge on any atom is 0.0652 e. The molecule has 0 aromatic heterocycles. The van der Waals surface area contributed by atoms with Gasteiger partial charge in [0.15, 0.2) is 0 Å². The molecule has 0 radical (unpaired) electrons. The third-order valence-corrected chi connectivity index (χ3v) is 2.51. The predicted molar refractivity (Wildman–Crippen MR) is 63.7 cm³/mol. The molecule has 2 nitrogen and oxygen atoms in total. The van der Waals surface area contributed by atoms with E-state index in [1.165, 1.54) is 0 Å². The van der Waals surface area contributed by atoms with Crippen molar-refractivity contribution in [2.24, 2.45) is 0 Å². The molecule has 0 aliphatic carbocycles. The normalized spacial score (nSPS) is 14.6. The third-order valence-electron chi connectivity index (χ3n) is 2.51. The summed E-state index contributed by atoms with van der Waals surface area (Å²) in [4.78, 5) is 0. The van der Waals surface area contributed by atoms with Crippen molar-refractivity contribution in [1.29, 1.82) is 0 Å². The quantitative estimate of drug-likeness (QED) is 0.721. The van der Waals surface area contributed by atoms with Gasteiger partial charge in [0.1, 0.15) is 0 Å². The topological polar surface area (TPSA) is 32.3 Å². The maximum absolute atomic E-state index is 9.46. The molecule has 1 atom stereocenters. The molecule has 82 valence electrons. The molecule has 0 saturated carbocycles. The lowest BCUT2D eigenvalue weighted by molar-refractivity contribution is 0.178. The Morgan fingerprint density at radius 2 is 2.00 bits per heavy atom. The van der Waals surface area contributed by atoms with Crippen molar-refractivity contribution in [3.8, 4) is 0 Å². The first-order valence-electron chi connectivity index (χ1n) is 5.14. The SMILES string of the molecule is C=C(C)CNC(C)(CO)c1ccccc1. The second-order valence-electron chi connectivity index (χ2n) is 4.17. The standard InChI is InChI=1S/C13H19NO/c1-11(2)9-14-13(3,10-15)12-7-5-4-6-8-12/h4-8,14-15H,1,9-10H2,2-3H3. The Kier molecular flexibility index (Phi) is 4.06. The van der Waals surface area contributed by atoms with Crippen LogP contribution in [-0.2, 0) is 5.54 Å². The molecular formula is C13H19NO. The molecule has 0 bridgehead atoms. The predicted octanol–water partition coefficient (Wildman–Crippen LogP) is 2.06. The van der Waals surface area contributed by atoms with Crippen LogP contribution in [0, 0.1) is 0 Å². The van der Waals surface area contributed by atoms with Gasteiger partial charge in [0.05, 0.1) is 12.1 Å². The van der Waals surface area contributed by atoms with E-state index in [1.807, 2.05) is 44.2 Å². The van der Waals surface area contributed by atoms with Gasteiger partial charge < -0.3 is 10.4 Å². The maximum atomic E-state index is 9.46. The first kappa shape index (κ1) is 12.0.